The van der Waals surface area contributed by atoms with Crippen molar-refractivity contribution in [2.24, 2.45) is 0 Å². The summed E-state index contributed by atoms with van der Waals surface area (Å²) in [6, 6.07) is 0. The standard InChI is InChI=1S/C12H25BrO2Si/c1-10(9-11(14)7-8-13)15-16(5,6)12(2,3)4/h10H,7-9H2,1-6H3/t10-/m1/s1. The Balaban J connectivity index is 4.24. The van der Waals surface area contributed by atoms with Crippen molar-refractivity contribution >= 4 is 30.0 Å². The largest absolute Gasteiger partial charge is 0.414 e. The van der Waals surface area contributed by atoms with Crippen molar-refractivity contribution in [2.75, 3.05) is 5.33 Å². The fourth-order valence-corrected chi connectivity index (χ4v) is 3.13. The predicted molar refractivity (Wildman–Crippen MR) is 75.8 cm³/mol. The number of carbonyl (C=O) groups excluding carboxylic acids is 1. The van der Waals surface area contributed by atoms with Crippen LogP contribution in [0.1, 0.15) is 40.5 Å². The van der Waals surface area contributed by atoms with E-state index in [2.05, 4.69) is 49.8 Å². The third-order valence-electron chi connectivity index (χ3n) is 3.19. The Labute approximate surface area is 109 Å². The van der Waals surface area contributed by atoms with Gasteiger partial charge in [0.05, 0.1) is 0 Å². The van der Waals surface area contributed by atoms with Gasteiger partial charge in [0.2, 0.25) is 0 Å². The number of halogens is 1. The Morgan fingerprint density at radius 1 is 1.38 bits per heavy atom. The quantitative estimate of drug-likeness (QED) is 0.544. The number of hydrogen-bond donors (Lipinski definition) is 0. The maximum atomic E-state index is 11.5. The minimum absolute atomic E-state index is 0.0486. The van der Waals surface area contributed by atoms with Crippen LogP contribution in [0.15, 0.2) is 0 Å². The van der Waals surface area contributed by atoms with E-state index < -0.39 is 8.32 Å². The number of ketones is 1. The lowest BCUT2D eigenvalue weighted by molar-refractivity contribution is -0.120. The average molecular weight is 309 g/mol. The SMILES string of the molecule is C[C@H](CC(=O)CCBr)O[Si](C)(C)C(C)(C)C. The van der Waals surface area contributed by atoms with E-state index in [1.807, 2.05) is 6.92 Å². The van der Waals surface area contributed by atoms with E-state index in [-0.39, 0.29) is 16.9 Å². The van der Waals surface area contributed by atoms with E-state index in [0.717, 1.165) is 5.33 Å². The Hall–Kier alpha value is 0.327. The topological polar surface area (TPSA) is 26.3 Å². The van der Waals surface area contributed by atoms with Gasteiger partial charge in [-0.25, -0.2) is 0 Å². The van der Waals surface area contributed by atoms with Crippen LogP contribution in [-0.2, 0) is 9.22 Å². The summed E-state index contributed by atoms with van der Waals surface area (Å²) in [5, 5.41) is 0.957. The van der Waals surface area contributed by atoms with Gasteiger partial charge in [-0.2, -0.15) is 0 Å². The molecule has 2 nitrogen and oxygen atoms in total. The molecule has 1 atom stereocenters. The molecule has 0 unspecified atom stereocenters. The monoisotopic (exact) mass is 308 g/mol. The molecule has 96 valence electrons. The molecule has 0 bridgehead atoms. The lowest BCUT2D eigenvalue weighted by atomic mass is 10.2. The molecule has 0 saturated carbocycles. The number of Topliss-reactive ketones (excluding diaryl/α,β-unsaturated/α-hetero) is 1. The first-order chi connectivity index (χ1) is 7.10. The fourth-order valence-electron chi connectivity index (χ4n) is 1.25. The number of rotatable bonds is 6. The molecular weight excluding hydrogens is 284 g/mol. The van der Waals surface area contributed by atoms with Crippen LogP contribution in [-0.4, -0.2) is 25.5 Å². The summed E-state index contributed by atoms with van der Waals surface area (Å²) in [6.07, 6.45) is 1.19. The lowest BCUT2D eigenvalue weighted by Crippen LogP contribution is -2.43. The van der Waals surface area contributed by atoms with Crippen LogP contribution in [0.5, 0.6) is 0 Å². The molecule has 4 heteroatoms. The summed E-state index contributed by atoms with van der Waals surface area (Å²) < 4.78 is 6.12. The highest BCUT2D eigenvalue weighted by Gasteiger charge is 2.38. The first-order valence-corrected chi connectivity index (χ1v) is 9.88. The molecule has 0 heterocycles. The van der Waals surface area contributed by atoms with E-state index in [4.69, 9.17) is 4.43 Å². The molecule has 0 aliphatic rings. The van der Waals surface area contributed by atoms with Crippen LogP contribution in [0, 0.1) is 0 Å². The smallest absolute Gasteiger partial charge is 0.192 e. The minimum atomic E-state index is -1.72. The molecule has 0 rings (SSSR count). The van der Waals surface area contributed by atoms with E-state index in [1.54, 1.807) is 0 Å². The van der Waals surface area contributed by atoms with Crippen LogP contribution in [0.3, 0.4) is 0 Å². The Kier molecular flexibility index (Phi) is 6.44. The Bertz CT molecular complexity index is 234. The summed E-state index contributed by atoms with van der Waals surface area (Å²) in [7, 11) is -1.72. The molecule has 0 radical (unpaired) electrons. The van der Waals surface area contributed by atoms with Crippen molar-refractivity contribution in [3.63, 3.8) is 0 Å². The van der Waals surface area contributed by atoms with Crippen LogP contribution in [0.4, 0.5) is 0 Å². The number of carbonyl (C=O) groups is 1. The van der Waals surface area contributed by atoms with Gasteiger partial charge in [0.25, 0.3) is 0 Å². The molecular formula is C12H25BrO2Si. The predicted octanol–water partition coefficient (Wildman–Crippen LogP) is 4.14. The second-order valence-electron chi connectivity index (χ2n) is 5.87. The Morgan fingerprint density at radius 2 is 1.88 bits per heavy atom. The van der Waals surface area contributed by atoms with Crippen LogP contribution in [0.25, 0.3) is 0 Å². The zero-order valence-corrected chi connectivity index (χ0v) is 14.0. The van der Waals surface area contributed by atoms with Gasteiger partial charge in [-0.3, -0.25) is 4.79 Å². The third kappa shape index (κ3) is 5.59. The summed E-state index contributed by atoms with van der Waals surface area (Å²) in [5.41, 5.74) is 0. The Morgan fingerprint density at radius 3 is 2.25 bits per heavy atom. The second kappa shape index (κ2) is 6.31. The highest BCUT2D eigenvalue weighted by atomic mass is 79.9. The first-order valence-electron chi connectivity index (χ1n) is 5.85. The normalized spacial score (nSPS) is 14.9. The molecule has 0 amide bonds. The van der Waals surface area contributed by atoms with Gasteiger partial charge in [0.15, 0.2) is 8.32 Å². The van der Waals surface area contributed by atoms with Gasteiger partial charge < -0.3 is 4.43 Å². The van der Waals surface area contributed by atoms with Crippen LogP contribution in [0.2, 0.25) is 18.1 Å². The molecule has 0 aromatic heterocycles. The van der Waals surface area contributed by atoms with Gasteiger partial charge in [-0.15, -0.1) is 0 Å². The highest BCUT2D eigenvalue weighted by Crippen LogP contribution is 2.37. The maximum absolute atomic E-state index is 11.5. The molecule has 0 aromatic carbocycles. The van der Waals surface area contributed by atoms with Crippen molar-refractivity contribution < 1.29 is 9.22 Å². The average Bonchev–Trinajstić information content (AvgIpc) is 1.99. The summed E-state index contributed by atoms with van der Waals surface area (Å²) in [4.78, 5) is 11.5. The maximum Gasteiger partial charge on any atom is 0.192 e. The summed E-state index contributed by atoms with van der Waals surface area (Å²) in [6.45, 7) is 13.1. The van der Waals surface area contributed by atoms with Gasteiger partial charge >= 0.3 is 0 Å². The lowest BCUT2D eigenvalue weighted by Gasteiger charge is -2.38. The second-order valence-corrected chi connectivity index (χ2v) is 11.4. The molecule has 0 aliphatic carbocycles. The van der Waals surface area contributed by atoms with Crippen molar-refractivity contribution in [2.45, 2.75) is 64.8 Å². The first kappa shape index (κ1) is 16.3. The summed E-state index contributed by atoms with van der Waals surface area (Å²) in [5.74, 6) is 0.281. The van der Waals surface area contributed by atoms with Gasteiger partial charge in [0, 0.05) is 24.3 Å². The van der Waals surface area contributed by atoms with E-state index in [1.165, 1.54) is 0 Å². The van der Waals surface area contributed by atoms with Crippen LogP contribution >= 0.6 is 15.9 Å². The molecule has 0 aromatic rings. The number of alkyl halides is 1. The van der Waals surface area contributed by atoms with Crippen LogP contribution < -0.4 is 0 Å². The zero-order valence-electron chi connectivity index (χ0n) is 11.4. The van der Waals surface area contributed by atoms with Crippen molar-refractivity contribution in [3.05, 3.63) is 0 Å². The molecule has 16 heavy (non-hydrogen) atoms. The molecule has 0 N–H and O–H groups in total. The molecule has 0 fully saturated rings. The van der Waals surface area contributed by atoms with E-state index >= 15 is 0 Å². The van der Waals surface area contributed by atoms with Crippen molar-refractivity contribution in [1.82, 2.24) is 0 Å². The number of hydrogen-bond acceptors (Lipinski definition) is 2. The molecule has 0 saturated heterocycles. The van der Waals surface area contributed by atoms with Gasteiger partial charge in [0.1, 0.15) is 5.78 Å². The summed E-state index contributed by atoms with van der Waals surface area (Å²) >= 11 is 3.28. The molecule has 0 aliphatic heterocycles. The minimum Gasteiger partial charge on any atom is -0.414 e. The van der Waals surface area contributed by atoms with Gasteiger partial charge in [-0.05, 0) is 25.1 Å². The van der Waals surface area contributed by atoms with Crippen molar-refractivity contribution in [3.8, 4) is 0 Å². The van der Waals surface area contributed by atoms with Crippen molar-refractivity contribution in [1.29, 1.82) is 0 Å². The molecule has 0 spiro atoms. The third-order valence-corrected chi connectivity index (χ3v) is 8.19. The highest BCUT2D eigenvalue weighted by molar-refractivity contribution is 9.09. The fraction of sp³-hybridized carbons (Fsp3) is 0.917. The van der Waals surface area contributed by atoms with E-state index in [0.29, 0.717) is 12.8 Å². The van der Waals surface area contributed by atoms with Gasteiger partial charge in [-0.1, -0.05) is 36.7 Å². The van der Waals surface area contributed by atoms with E-state index in [9.17, 15) is 4.79 Å². The zero-order chi connectivity index (χ0) is 13.0.